The van der Waals surface area contributed by atoms with Crippen LogP contribution in [0.3, 0.4) is 0 Å². The van der Waals surface area contributed by atoms with Crippen LogP contribution in [0, 0.1) is 0 Å². The molecular formula is C15H24N4O5. The average Bonchev–Trinajstić information content (AvgIpc) is 2.58. The van der Waals surface area contributed by atoms with Crippen LogP contribution in [0.5, 0.6) is 0 Å². The van der Waals surface area contributed by atoms with Gasteiger partial charge in [0.05, 0.1) is 0 Å². The maximum absolute atomic E-state index is 12.3. The first-order valence-corrected chi connectivity index (χ1v) is 7.92. The molecule has 1 aliphatic heterocycles. The van der Waals surface area contributed by atoms with Gasteiger partial charge in [0.2, 0.25) is 11.7 Å². The van der Waals surface area contributed by atoms with Crippen LogP contribution in [0.15, 0.2) is 0 Å². The highest BCUT2D eigenvalue weighted by Gasteiger charge is 2.28. The minimum Gasteiger partial charge on any atom is -0.461 e. The number of ether oxygens (including phenoxy) is 2. The predicted molar refractivity (Wildman–Crippen MR) is 84.3 cm³/mol. The zero-order chi connectivity index (χ0) is 17.9. The minimum absolute atomic E-state index is 0.0524. The fourth-order valence-corrected chi connectivity index (χ4v) is 2.22. The maximum Gasteiger partial charge on any atom is 0.328 e. The van der Waals surface area contributed by atoms with Gasteiger partial charge in [0.1, 0.15) is 18.2 Å². The van der Waals surface area contributed by atoms with Crippen LogP contribution in [0.4, 0.5) is 0 Å². The molecule has 1 heterocycles. The molecule has 9 heteroatoms. The number of nitrogens with zero attached hydrogens (tertiary/aromatic N) is 2. The van der Waals surface area contributed by atoms with Gasteiger partial charge in [-0.2, -0.15) is 4.79 Å². The van der Waals surface area contributed by atoms with Gasteiger partial charge < -0.3 is 25.6 Å². The Balaban J connectivity index is 2.66. The summed E-state index contributed by atoms with van der Waals surface area (Å²) in [5.41, 5.74) is 8.34. The van der Waals surface area contributed by atoms with E-state index in [1.54, 1.807) is 6.92 Å². The fraction of sp³-hybridized carbons (Fsp3) is 0.733. The summed E-state index contributed by atoms with van der Waals surface area (Å²) in [5.74, 6) is -1.49. The molecule has 1 fully saturated rings. The standard InChI is InChI=1S/C15H24N4O5/c1-10(23-2)14(21)19-13(4-3-11(20)9-18-16)15(22)24-12-5-7-17-8-6-12/h9-10,12-13,17H,3-8H2,1-2H3,(H,19,21)/t10-,13-/m0/s1. The molecule has 0 aliphatic carbocycles. The fourth-order valence-electron chi connectivity index (χ4n) is 2.22. The van der Waals surface area contributed by atoms with Crippen molar-refractivity contribution in [1.29, 1.82) is 0 Å². The first kappa shape index (κ1) is 20.0. The molecule has 134 valence electrons. The van der Waals surface area contributed by atoms with Gasteiger partial charge in [-0.3, -0.25) is 9.59 Å². The normalized spacial score (nSPS) is 17.2. The van der Waals surface area contributed by atoms with Crippen LogP contribution in [0.1, 0.15) is 32.6 Å². The second kappa shape index (κ2) is 10.6. The number of methoxy groups -OCH3 is 1. The summed E-state index contributed by atoms with van der Waals surface area (Å²) in [7, 11) is 1.38. The number of Topliss-reactive ketones (excluding diaryl/α,β-unsaturated/α-hetero) is 1. The van der Waals surface area contributed by atoms with Gasteiger partial charge in [0, 0.05) is 13.5 Å². The van der Waals surface area contributed by atoms with Crippen molar-refractivity contribution in [3.63, 3.8) is 0 Å². The van der Waals surface area contributed by atoms with Gasteiger partial charge in [-0.1, -0.05) is 0 Å². The van der Waals surface area contributed by atoms with Crippen LogP contribution in [-0.2, 0) is 23.9 Å². The molecule has 0 radical (unpaired) electrons. The minimum atomic E-state index is -0.957. The van der Waals surface area contributed by atoms with Gasteiger partial charge in [-0.05, 0) is 39.3 Å². The summed E-state index contributed by atoms with van der Waals surface area (Å²) in [5, 5.41) is 5.71. The third-order valence-corrected chi connectivity index (χ3v) is 3.77. The molecule has 1 saturated heterocycles. The molecule has 1 amide bonds. The Morgan fingerprint density at radius 1 is 1.38 bits per heavy atom. The molecule has 0 aromatic carbocycles. The van der Waals surface area contributed by atoms with Crippen molar-refractivity contribution in [3.05, 3.63) is 5.53 Å². The van der Waals surface area contributed by atoms with Crippen molar-refractivity contribution >= 4 is 23.9 Å². The largest absolute Gasteiger partial charge is 0.461 e. The monoisotopic (exact) mass is 340 g/mol. The number of esters is 1. The Labute approximate surface area is 140 Å². The van der Waals surface area contributed by atoms with Crippen molar-refractivity contribution < 1.29 is 28.6 Å². The van der Waals surface area contributed by atoms with Crippen LogP contribution in [0.25, 0.3) is 5.53 Å². The first-order valence-electron chi connectivity index (χ1n) is 7.92. The Morgan fingerprint density at radius 3 is 2.62 bits per heavy atom. The Bertz CT molecular complexity index is 498. The van der Waals surface area contributed by atoms with Gasteiger partial charge in [0.15, 0.2) is 0 Å². The van der Waals surface area contributed by atoms with Crippen molar-refractivity contribution in [3.8, 4) is 0 Å². The van der Waals surface area contributed by atoms with Gasteiger partial charge in [0.25, 0.3) is 0 Å². The van der Waals surface area contributed by atoms with Crippen molar-refractivity contribution in [2.45, 2.75) is 50.9 Å². The Morgan fingerprint density at radius 2 is 2.04 bits per heavy atom. The molecule has 2 atom stereocenters. The van der Waals surface area contributed by atoms with Crippen LogP contribution < -0.4 is 10.6 Å². The molecule has 0 spiro atoms. The number of carbonyl (C=O) groups excluding carboxylic acids is 3. The molecule has 0 aromatic heterocycles. The number of piperidine rings is 1. The van der Waals surface area contributed by atoms with E-state index in [0.717, 1.165) is 19.3 Å². The highest BCUT2D eigenvalue weighted by molar-refractivity contribution is 6.25. The second-order valence-electron chi connectivity index (χ2n) is 5.57. The number of amides is 1. The van der Waals surface area contributed by atoms with Crippen molar-refractivity contribution in [2.24, 2.45) is 0 Å². The van der Waals surface area contributed by atoms with Gasteiger partial charge >= 0.3 is 12.2 Å². The molecule has 24 heavy (non-hydrogen) atoms. The summed E-state index contributed by atoms with van der Waals surface area (Å²) in [6, 6.07) is -0.957. The third-order valence-electron chi connectivity index (χ3n) is 3.77. The first-order chi connectivity index (χ1) is 11.5. The summed E-state index contributed by atoms with van der Waals surface area (Å²) < 4.78 is 10.3. The lowest BCUT2D eigenvalue weighted by Crippen LogP contribution is -2.47. The van der Waals surface area contributed by atoms with E-state index in [2.05, 4.69) is 15.4 Å². The molecule has 1 rings (SSSR count). The maximum atomic E-state index is 12.3. The number of hydrogen-bond acceptors (Lipinski definition) is 6. The van der Waals surface area contributed by atoms with E-state index in [4.69, 9.17) is 15.0 Å². The predicted octanol–water partition coefficient (Wildman–Crippen LogP) is -0.549. The molecule has 0 bridgehead atoms. The van der Waals surface area contributed by atoms with Crippen LogP contribution >= 0.6 is 0 Å². The molecule has 0 unspecified atom stereocenters. The summed E-state index contributed by atoms with van der Waals surface area (Å²) >= 11 is 0. The van der Waals surface area contributed by atoms with Gasteiger partial charge in [-0.15, -0.1) is 0 Å². The zero-order valence-electron chi connectivity index (χ0n) is 14.0. The lowest BCUT2D eigenvalue weighted by molar-refractivity contribution is -0.155. The SMILES string of the molecule is CO[C@@H](C)C(=O)N[C@@H](CCC(=O)C=[N+]=[N-])C(=O)OC1CCNCC1. The number of ketones is 1. The van der Waals surface area contributed by atoms with E-state index in [0.29, 0.717) is 12.8 Å². The molecule has 9 nitrogen and oxygen atoms in total. The molecular weight excluding hydrogens is 316 g/mol. The Hall–Kier alpha value is -2.09. The highest BCUT2D eigenvalue weighted by Crippen LogP contribution is 2.11. The van der Waals surface area contributed by atoms with E-state index < -0.39 is 29.8 Å². The van der Waals surface area contributed by atoms with Crippen LogP contribution in [0.2, 0.25) is 0 Å². The smallest absolute Gasteiger partial charge is 0.328 e. The number of carbonyl (C=O) groups is 3. The van der Waals surface area contributed by atoms with Gasteiger partial charge in [-0.25, -0.2) is 4.79 Å². The summed E-state index contributed by atoms with van der Waals surface area (Å²) in [4.78, 5) is 38.4. The highest BCUT2D eigenvalue weighted by atomic mass is 16.5. The number of hydrogen-bond donors (Lipinski definition) is 2. The number of rotatable bonds is 9. The second-order valence-corrected chi connectivity index (χ2v) is 5.57. The molecule has 0 saturated carbocycles. The lowest BCUT2D eigenvalue weighted by Gasteiger charge is -2.26. The molecule has 1 aliphatic rings. The van der Waals surface area contributed by atoms with E-state index in [-0.39, 0.29) is 18.9 Å². The van der Waals surface area contributed by atoms with Crippen molar-refractivity contribution in [2.75, 3.05) is 20.2 Å². The quantitative estimate of drug-likeness (QED) is 0.251. The van der Waals surface area contributed by atoms with Crippen molar-refractivity contribution in [1.82, 2.24) is 10.6 Å². The van der Waals surface area contributed by atoms with E-state index >= 15 is 0 Å². The third kappa shape index (κ3) is 6.99. The number of nitrogens with one attached hydrogen (secondary N) is 2. The topological polar surface area (TPSA) is 130 Å². The van der Waals surface area contributed by atoms with Crippen LogP contribution in [-0.4, -0.2) is 67.1 Å². The Kier molecular flexibility index (Phi) is 8.85. The molecule has 0 aromatic rings. The molecule has 2 N–H and O–H groups in total. The lowest BCUT2D eigenvalue weighted by atomic mass is 10.1. The zero-order valence-corrected chi connectivity index (χ0v) is 14.0. The summed E-state index contributed by atoms with van der Waals surface area (Å²) in [6.45, 7) is 3.08. The average molecular weight is 340 g/mol. The van der Waals surface area contributed by atoms with E-state index in [1.807, 2.05) is 0 Å². The van der Waals surface area contributed by atoms with E-state index in [9.17, 15) is 14.4 Å². The van der Waals surface area contributed by atoms with E-state index in [1.165, 1.54) is 7.11 Å². The summed E-state index contributed by atoms with van der Waals surface area (Å²) in [6.07, 6.45) is 1.23.